The Labute approximate surface area is 124 Å². The molecule has 112 valence electrons. The van der Waals surface area contributed by atoms with Gasteiger partial charge >= 0.3 is 0 Å². The van der Waals surface area contributed by atoms with E-state index >= 15 is 0 Å². The van der Waals surface area contributed by atoms with Crippen molar-refractivity contribution in [3.63, 3.8) is 0 Å². The third-order valence-electron chi connectivity index (χ3n) is 3.73. The Balaban J connectivity index is 1.92. The first kappa shape index (κ1) is 16.9. The first-order valence-corrected chi connectivity index (χ1v) is 8.09. The highest BCUT2D eigenvalue weighted by atomic mass is 16.2. The summed E-state index contributed by atoms with van der Waals surface area (Å²) in [6.45, 7) is 5.24. The van der Waals surface area contributed by atoms with E-state index in [2.05, 4.69) is 35.7 Å². The molecule has 0 bridgehead atoms. The molecule has 0 fully saturated rings. The third kappa shape index (κ3) is 8.11. The Hall–Kier alpha value is -1.15. The van der Waals surface area contributed by atoms with Gasteiger partial charge in [-0.05, 0) is 18.4 Å². The summed E-state index contributed by atoms with van der Waals surface area (Å²) in [7, 11) is 0. The van der Waals surface area contributed by atoms with Crippen LogP contribution in [0.2, 0.25) is 0 Å². The van der Waals surface area contributed by atoms with E-state index in [1.807, 2.05) is 6.08 Å². The molecule has 1 aromatic heterocycles. The molecule has 1 aromatic rings. The van der Waals surface area contributed by atoms with Crippen LogP contribution in [0.15, 0.2) is 31.1 Å². The minimum atomic E-state index is 0.353. The number of aromatic nitrogens is 1. The monoisotopic (exact) mass is 276 g/mol. The molecule has 1 heterocycles. The number of rotatable bonds is 12. The summed E-state index contributed by atoms with van der Waals surface area (Å²) in [5.41, 5.74) is 1.18. The standard InChI is InChI=1S/C18H30NO/c1-2-18-12-15-19(16-13-18)14-10-8-6-4-3-5-7-9-11-17-20/h2,12-13,15-16,20H,1,3-11,14,17H2/q+1. The van der Waals surface area contributed by atoms with Gasteiger partial charge in [-0.3, -0.25) is 0 Å². The summed E-state index contributed by atoms with van der Waals surface area (Å²) in [5, 5.41) is 8.68. The van der Waals surface area contributed by atoms with Crippen molar-refractivity contribution >= 4 is 6.08 Å². The molecule has 0 aliphatic heterocycles. The lowest BCUT2D eigenvalue weighted by molar-refractivity contribution is -0.697. The predicted molar refractivity (Wildman–Crippen MR) is 85.4 cm³/mol. The van der Waals surface area contributed by atoms with E-state index in [0.29, 0.717) is 6.61 Å². The van der Waals surface area contributed by atoms with E-state index in [1.54, 1.807) is 0 Å². The summed E-state index contributed by atoms with van der Waals surface area (Å²) in [4.78, 5) is 0. The number of aliphatic hydroxyl groups is 1. The highest BCUT2D eigenvalue weighted by Gasteiger charge is 1.99. The van der Waals surface area contributed by atoms with E-state index in [-0.39, 0.29) is 0 Å². The van der Waals surface area contributed by atoms with Crippen molar-refractivity contribution in [1.82, 2.24) is 0 Å². The van der Waals surface area contributed by atoms with Crippen LogP contribution in [0.3, 0.4) is 0 Å². The Kier molecular flexibility index (Phi) is 9.85. The number of hydrogen-bond acceptors (Lipinski definition) is 1. The molecule has 0 aromatic carbocycles. The van der Waals surface area contributed by atoms with Crippen LogP contribution in [0.4, 0.5) is 0 Å². The van der Waals surface area contributed by atoms with E-state index in [9.17, 15) is 0 Å². The summed E-state index contributed by atoms with van der Waals surface area (Å²) < 4.78 is 2.25. The average Bonchev–Trinajstić information content (AvgIpc) is 2.50. The quantitative estimate of drug-likeness (QED) is 0.450. The molecule has 0 aliphatic rings. The van der Waals surface area contributed by atoms with Crippen LogP contribution in [-0.4, -0.2) is 11.7 Å². The van der Waals surface area contributed by atoms with Crippen molar-refractivity contribution in [2.75, 3.05) is 6.61 Å². The lowest BCUT2D eigenvalue weighted by Gasteiger charge is -2.01. The largest absolute Gasteiger partial charge is 0.396 e. The molecular weight excluding hydrogens is 246 g/mol. The lowest BCUT2D eigenvalue weighted by atomic mass is 10.1. The summed E-state index contributed by atoms with van der Waals surface area (Å²) in [6, 6.07) is 4.22. The van der Waals surface area contributed by atoms with Crippen LogP contribution in [0.5, 0.6) is 0 Å². The molecule has 20 heavy (non-hydrogen) atoms. The van der Waals surface area contributed by atoms with Crippen molar-refractivity contribution in [1.29, 1.82) is 0 Å². The van der Waals surface area contributed by atoms with Gasteiger partial charge in [-0.25, -0.2) is 4.57 Å². The van der Waals surface area contributed by atoms with Gasteiger partial charge in [0, 0.05) is 25.2 Å². The van der Waals surface area contributed by atoms with Crippen LogP contribution >= 0.6 is 0 Å². The van der Waals surface area contributed by atoms with Gasteiger partial charge in [-0.15, -0.1) is 0 Å². The molecule has 0 unspecified atom stereocenters. The fourth-order valence-corrected chi connectivity index (χ4v) is 2.40. The van der Waals surface area contributed by atoms with Gasteiger partial charge in [0.1, 0.15) is 6.54 Å². The number of aliphatic hydroxyl groups excluding tert-OH is 1. The maximum absolute atomic E-state index is 8.68. The minimum absolute atomic E-state index is 0.353. The highest BCUT2D eigenvalue weighted by molar-refractivity contribution is 5.44. The molecule has 0 atom stereocenters. The van der Waals surface area contributed by atoms with Crippen molar-refractivity contribution in [2.45, 2.75) is 64.3 Å². The molecule has 1 rings (SSSR count). The summed E-state index contributed by atoms with van der Waals surface area (Å²) >= 11 is 0. The summed E-state index contributed by atoms with van der Waals surface area (Å²) in [5.74, 6) is 0. The van der Waals surface area contributed by atoms with Crippen LogP contribution in [0.25, 0.3) is 6.08 Å². The van der Waals surface area contributed by atoms with E-state index in [1.165, 1.54) is 56.9 Å². The van der Waals surface area contributed by atoms with Crippen molar-refractivity contribution < 1.29 is 9.67 Å². The van der Waals surface area contributed by atoms with Gasteiger partial charge in [0.2, 0.25) is 0 Å². The topological polar surface area (TPSA) is 24.1 Å². The molecule has 0 saturated heterocycles. The third-order valence-corrected chi connectivity index (χ3v) is 3.73. The van der Waals surface area contributed by atoms with Gasteiger partial charge in [0.05, 0.1) is 0 Å². The first-order chi connectivity index (χ1) is 9.86. The maximum Gasteiger partial charge on any atom is 0.169 e. The van der Waals surface area contributed by atoms with E-state index in [0.717, 1.165) is 13.0 Å². The van der Waals surface area contributed by atoms with E-state index in [4.69, 9.17) is 5.11 Å². The van der Waals surface area contributed by atoms with E-state index < -0.39 is 0 Å². The fraction of sp³-hybridized carbons (Fsp3) is 0.611. The Morgan fingerprint density at radius 3 is 1.85 bits per heavy atom. The molecule has 2 nitrogen and oxygen atoms in total. The number of pyridine rings is 1. The van der Waals surface area contributed by atoms with Gasteiger partial charge in [-0.1, -0.05) is 51.2 Å². The zero-order valence-electron chi connectivity index (χ0n) is 12.8. The maximum atomic E-state index is 8.68. The Bertz CT molecular complexity index is 345. The van der Waals surface area contributed by atoms with Gasteiger partial charge in [0.25, 0.3) is 0 Å². The number of nitrogens with zero attached hydrogens (tertiary/aromatic N) is 1. The molecule has 0 amide bonds. The fourth-order valence-electron chi connectivity index (χ4n) is 2.40. The number of hydrogen-bond donors (Lipinski definition) is 1. The summed E-state index contributed by atoms with van der Waals surface area (Å²) in [6.07, 6.45) is 17.6. The molecule has 0 spiro atoms. The molecule has 2 heteroatoms. The Morgan fingerprint density at radius 2 is 1.35 bits per heavy atom. The van der Waals surface area contributed by atoms with Crippen LogP contribution in [0, 0.1) is 0 Å². The highest BCUT2D eigenvalue weighted by Crippen LogP contribution is 2.09. The normalized spacial score (nSPS) is 10.7. The average molecular weight is 276 g/mol. The smallest absolute Gasteiger partial charge is 0.169 e. The van der Waals surface area contributed by atoms with Crippen LogP contribution < -0.4 is 4.57 Å². The molecule has 0 radical (unpaired) electrons. The number of aryl methyl sites for hydroxylation is 1. The Morgan fingerprint density at radius 1 is 0.850 bits per heavy atom. The van der Waals surface area contributed by atoms with Crippen LogP contribution in [0.1, 0.15) is 63.4 Å². The van der Waals surface area contributed by atoms with Crippen molar-refractivity contribution in [3.8, 4) is 0 Å². The van der Waals surface area contributed by atoms with Crippen LogP contribution in [-0.2, 0) is 6.54 Å². The van der Waals surface area contributed by atoms with Gasteiger partial charge in [0.15, 0.2) is 12.4 Å². The molecule has 0 saturated carbocycles. The second-order valence-electron chi connectivity index (χ2n) is 5.48. The second kappa shape index (κ2) is 11.7. The molecular formula is C18H30NO+. The molecule has 1 N–H and O–H groups in total. The van der Waals surface area contributed by atoms with Gasteiger partial charge in [-0.2, -0.15) is 0 Å². The van der Waals surface area contributed by atoms with Crippen molar-refractivity contribution in [2.24, 2.45) is 0 Å². The zero-order valence-corrected chi connectivity index (χ0v) is 12.8. The SMILES string of the molecule is C=Cc1cc[n+](CCCCCCCCCCCO)cc1. The lowest BCUT2D eigenvalue weighted by Crippen LogP contribution is -2.32. The zero-order chi connectivity index (χ0) is 14.5. The van der Waals surface area contributed by atoms with Gasteiger partial charge < -0.3 is 5.11 Å². The second-order valence-corrected chi connectivity index (χ2v) is 5.48. The first-order valence-electron chi connectivity index (χ1n) is 8.09. The van der Waals surface area contributed by atoms with Crippen molar-refractivity contribution in [3.05, 3.63) is 36.7 Å². The predicted octanol–water partition coefficient (Wildman–Crippen LogP) is 4.12. The molecule has 0 aliphatic carbocycles. The minimum Gasteiger partial charge on any atom is -0.396 e. The number of unbranched alkanes of at least 4 members (excludes halogenated alkanes) is 8.